The van der Waals surface area contributed by atoms with E-state index in [9.17, 15) is 0 Å². The zero-order valence-corrected chi connectivity index (χ0v) is 7.83. The van der Waals surface area contributed by atoms with Crippen LogP contribution in [0.15, 0.2) is 0 Å². The van der Waals surface area contributed by atoms with Gasteiger partial charge in [0, 0.05) is 26.3 Å². The van der Waals surface area contributed by atoms with E-state index in [4.69, 9.17) is 9.84 Å². The van der Waals surface area contributed by atoms with Crippen molar-refractivity contribution < 1.29 is 9.84 Å². The van der Waals surface area contributed by atoms with Crippen LogP contribution in [0.5, 0.6) is 0 Å². The van der Waals surface area contributed by atoms with E-state index in [-0.39, 0.29) is 6.61 Å². The molecule has 0 aromatic heterocycles. The molecule has 1 saturated heterocycles. The van der Waals surface area contributed by atoms with Crippen LogP contribution < -0.4 is 0 Å². The number of hydrogen-bond acceptors (Lipinski definition) is 3. The van der Waals surface area contributed by atoms with Crippen molar-refractivity contribution in [3.63, 3.8) is 0 Å². The topological polar surface area (TPSA) is 32.7 Å². The summed E-state index contributed by atoms with van der Waals surface area (Å²) in [6.07, 6.45) is 3.49. The highest BCUT2D eigenvalue weighted by atomic mass is 16.5. The summed E-state index contributed by atoms with van der Waals surface area (Å²) in [5.74, 6) is 0. The van der Waals surface area contributed by atoms with Crippen LogP contribution in [-0.4, -0.2) is 49.5 Å². The van der Waals surface area contributed by atoms with Gasteiger partial charge in [0.15, 0.2) is 0 Å². The third-order valence-electron chi connectivity index (χ3n) is 2.32. The largest absolute Gasteiger partial charge is 0.396 e. The van der Waals surface area contributed by atoms with Gasteiger partial charge in [-0.1, -0.05) is 0 Å². The van der Waals surface area contributed by atoms with E-state index in [2.05, 4.69) is 11.9 Å². The maximum Gasteiger partial charge on any atom is 0.0599 e. The molecule has 12 heavy (non-hydrogen) atoms. The highest BCUT2D eigenvalue weighted by Crippen LogP contribution is 2.11. The second kappa shape index (κ2) is 5.51. The van der Waals surface area contributed by atoms with Crippen LogP contribution in [0.25, 0.3) is 0 Å². The molecule has 0 aliphatic carbocycles. The molecule has 1 fully saturated rings. The first-order chi connectivity index (χ1) is 5.83. The number of piperidine rings is 1. The van der Waals surface area contributed by atoms with Gasteiger partial charge in [0.1, 0.15) is 0 Å². The van der Waals surface area contributed by atoms with E-state index in [1.807, 2.05) is 0 Å². The molecule has 3 nitrogen and oxygen atoms in total. The summed E-state index contributed by atoms with van der Waals surface area (Å²) in [6, 6.07) is 0. The fourth-order valence-corrected chi connectivity index (χ4v) is 1.47. The van der Waals surface area contributed by atoms with Gasteiger partial charge in [0.25, 0.3) is 0 Å². The van der Waals surface area contributed by atoms with Crippen molar-refractivity contribution in [3.8, 4) is 0 Å². The van der Waals surface area contributed by atoms with Gasteiger partial charge in [-0.15, -0.1) is 0 Å². The predicted molar refractivity (Wildman–Crippen MR) is 48.2 cm³/mol. The normalized spacial score (nSPS) is 21.5. The highest BCUT2D eigenvalue weighted by molar-refractivity contribution is 4.69. The summed E-state index contributed by atoms with van der Waals surface area (Å²) >= 11 is 0. The van der Waals surface area contributed by atoms with Crippen molar-refractivity contribution in [2.45, 2.75) is 25.4 Å². The number of aliphatic hydroxyl groups excluding tert-OH is 1. The second-order valence-electron chi connectivity index (χ2n) is 3.45. The molecular weight excluding hydrogens is 154 g/mol. The van der Waals surface area contributed by atoms with Crippen LogP contribution in [-0.2, 0) is 4.74 Å². The molecule has 1 aliphatic heterocycles. The van der Waals surface area contributed by atoms with Crippen LogP contribution in [0, 0.1) is 0 Å². The Balaban J connectivity index is 2.01. The fourth-order valence-electron chi connectivity index (χ4n) is 1.47. The molecule has 0 spiro atoms. The molecule has 1 N–H and O–H groups in total. The number of aliphatic hydroxyl groups is 1. The van der Waals surface area contributed by atoms with Crippen LogP contribution in [0.4, 0.5) is 0 Å². The minimum absolute atomic E-state index is 0.243. The Kier molecular flexibility index (Phi) is 4.58. The summed E-state index contributed by atoms with van der Waals surface area (Å²) in [7, 11) is 2.14. The van der Waals surface area contributed by atoms with Gasteiger partial charge in [-0.2, -0.15) is 0 Å². The predicted octanol–water partition coefficient (Wildman–Crippen LogP) is 0.480. The van der Waals surface area contributed by atoms with Crippen LogP contribution in [0.1, 0.15) is 19.3 Å². The Bertz CT molecular complexity index is 111. The van der Waals surface area contributed by atoms with Gasteiger partial charge in [-0.05, 0) is 26.3 Å². The fraction of sp³-hybridized carbons (Fsp3) is 1.00. The van der Waals surface area contributed by atoms with Crippen molar-refractivity contribution in [3.05, 3.63) is 0 Å². The lowest BCUT2D eigenvalue weighted by molar-refractivity contribution is 0.00688. The lowest BCUT2D eigenvalue weighted by atomic mass is 10.1. The summed E-state index contributed by atoms with van der Waals surface area (Å²) in [4.78, 5) is 2.33. The van der Waals surface area contributed by atoms with Gasteiger partial charge in [0.2, 0.25) is 0 Å². The van der Waals surface area contributed by atoms with Gasteiger partial charge in [-0.25, -0.2) is 0 Å². The standard InChI is InChI=1S/C9H19NO2/c1-10-5-3-9(4-6-10)12-8-2-7-11/h9,11H,2-8H2,1H3. The molecule has 0 atom stereocenters. The van der Waals surface area contributed by atoms with E-state index in [0.29, 0.717) is 12.7 Å². The summed E-state index contributed by atoms with van der Waals surface area (Å²) < 4.78 is 5.58. The van der Waals surface area contributed by atoms with Crippen molar-refractivity contribution in [1.82, 2.24) is 4.90 Å². The van der Waals surface area contributed by atoms with E-state index in [1.54, 1.807) is 0 Å². The third-order valence-corrected chi connectivity index (χ3v) is 2.32. The molecule has 0 radical (unpaired) electrons. The minimum Gasteiger partial charge on any atom is -0.396 e. The maximum absolute atomic E-state index is 8.55. The van der Waals surface area contributed by atoms with Crippen LogP contribution in [0.2, 0.25) is 0 Å². The average molecular weight is 173 g/mol. The molecule has 0 amide bonds. The molecule has 0 unspecified atom stereocenters. The number of rotatable bonds is 4. The molecular formula is C9H19NO2. The first-order valence-corrected chi connectivity index (χ1v) is 4.74. The minimum atomic E-state index is 0.243. The number of nitrogens with zero attached hydrogens (tertiary/aromatic N) is 1. The van der Waals surface area contributed by atoms with Crippen molar-refractivity contribution in [2.75, 3.05) is 33.4 Å². The maximum atomic E-state index is 8.55. The van der Waals surface area contributed by atoms with Crippen molar-refractivity contribution in [1.29, 1.82) is 0 Å². The third kappa shape index (κ3) is 3.52. The number of hydrogen-bond donors (Lipinski definition) is 1. The lowest BCUT2D eigenvalue weighted by Gasteiger charge is -2.28. The summed E-state index contributed by atoms with van der Waals surface area (Å²) in [5.41, 5.74) is 0. The summed E-state index contributed by atoms with van der Waals surface area (Å²) in [5, 5.41) is 8.55. The Hall–Kier alpha value is -0.120. The first kappa shape index (κ1) is 9.96. The van der Waals surface area contributed by atoms with Crippen molar-refractivity contribution in [2.24, 2.45) is 0 Å². The van der Waals surface area contributed by atoms with E-state index in [1.165, 1.54) is 0 Å². The van der Waals surface area contributed by atoms with Gasteiger partial charge in [0.05, 0.1) is 6.10 Å². The molecule has 0 bridgehead atoms. The molecule has 0 aromatic carbocycles. The zero-order valence-electron chi connectivity index (χ0n) is 7.83. The van der Waals surface area contributed by atoms with Gasteiger partial charge < -0.3 is 14.7 Å². The van der Waals surface area contributed by atoms with Gasteiger partial charge >= 0.3 is 0 Å². The number of ether oxygens (including phenoxy) is 1. The lowest BCUT2D eigenvalue weighted by Crippen LogP contribution is -2.34. The first-order valence-electron chi connectivity index (χ1n) is 4.74. The van der Waals surface area contributed by atoms with Gasteiger partial charge in [-0.3, -0.25) is 0 Å². The highest BCUT2D eigenvalue weighted by Gasteiger charge is 2.16. The molecule has 0 aromatic rings. The quantitative estimate of drug-likeness (QED) is 0.628. The van der Waals surface area contributed by atoms with E-state index in [0.717, 1.165) is 32.4 Å². The Morgan fingerprint density at radius 1 is 1.42 bits per heavy atom. The second-order valence-corrected chi connectivity index (χ2v) is 3.45. The summed E-state index contributed by atoms with van der Waals surface area (Å²) in [6.45, 7) is 3.24. The molecule has 1 heterocycles. The molecule has 1 rings (SSSR count). The molecule has 0 saturated carbocycles. The van der Waals surface area contributed by atoms with Crippen LogP contribution >= 0.6 is 0 Å². The van der Waals surface area contributed by atoms with E-state index < -0.39 is 0 Å². The Morgan fingerprint density at radius 3 is 2.67 bits per heavy atom. The molecule has 72 valence electrons. The molecule has 3 heteroatoms. The monoisotopic (exact) mass is 173 g/mol. The SMILES string of the molecule is CN1CCC(OCCCO)CC1. The average Bonchev–Trinajstić information content (AvgIpc) is 2.09. The Morgan fingerprint density at radius 2 is 2.08 bits per heavy atom. The number of likely N-dealkylation sites (tertiary alicyclic amines) is 1. The smallest absolute Gasteiger partial charge is 0.0599 e. The van der Waals surface area contributed by atoms with E-state index >= 15 is 0 Å². The Labute approximate surface area is 74.3 Å². The zero-order chi connectivity index (χ0) is 8.81. The van der Waals surface area contributed by atoms with Crippen LogP contribution in [0.3, 0.4) is 0 Å². The van der Waals surface area contributed by atoms with Crippen molar-refractivity contribution >= 4 is 0 Å². The molecule has 1 aliphatic rings.